The van der Waals surface area contributed by atoms with Gasteiger partial charge in [0, 0.05) is 6.04 Å². The van der Waals surface area contributed by atoms with E-state index >= 15 is 0 Å². The van der Waals surface area contributed by atoms with Crippen LogP contribution in [0.15, 0.2) is 54.6 Å². The number of fused-ring (bicyclic) bond motifs is 1. The second-order valence-corrected chi connectivity index (χ2v) is 12.2. The summed E-state index contributed by atoms with van der Waals surface area (Å²) in [5.74, 6) is 0.142. The smallest absolute Gasteiger partial charge is 0.416 e. The number of nitrogens with zero attached hydrogens (tertiary/aromatic N) is 4. The topological polar surface area (TPSA) is 105 Å². The number of anilines is 2. The normalized spacial score (nSPS) is 17.7. The molecule has 0 amide bonds. The fraction of sp³-hybridized carbons (Fsp3) is 0.438. The number of nitrogens with one attached hydrogen (secondary N) is 2. The van der Waals surface area contributed by atoms with E-state index in [1.807, 2.05) is 22.8 Å². The number of imidazole rings is 1. The van der Waals surface area contributed by atoms with E-state index in [-0.39, 0.29) is 24.1 Å². The summed E-state index contributed by atoms with van der Waals surface area (Å²) < 4.78 is 41.8. The minimum absolute atomic E-state index is 0.0313. The van der Waals surface area contributed by atoms with Crippen LogP contribution in [0.3, 0.4) is 0 Å². The van der Waals surface area contributed by atoms with E-state index < -0.39 is 23.2 Å². The second kappa shape index (κ2) is 11.2. The van der Waals surface area contributed by atoms with Crippen molar-refractivity contribution >= 4 is 28.9 Å². The number of halogens is 3. The molecule has 6 rings (SSSR count). The Hall–Kier alpha value is -4.15. The van der Waals surface area contributed by atoms with Crippen LogP contribution >= 0.6 is 0 Å². The van der Waals surface area contributed by atoms with Crippen molar-refractivity contribution in [2.45, 2.75) is 76.7 Å². The molecule has 2 saturated carbocycles. The first-order valence-corrected chi connectivity index (χ1v) is 14.8. The first-order valence-electron chi connectivity index (χ1n) is 14.8. The number of carbonyl (C=O) groups is 1. The molecule has 0 aliphatic heterocycles. The summed E-state index contributed by atoms with van der Waals surface area (Å²) in [6, 6.07) is 15.1. The van der Waals surface area contributed by atoms with E-state index in [0.29, 0.717) is 34.7 Å². The summed E-state index contributed by atoms with van der Waals surface area (Å²) in [7, 11) is 0. The van der Waals surface area contributed by atoms with Crippen LogP contribution in [-0.4, -0.2) is 36.6 Å². The zero-order valence-corrected chi connectivity index (χ0v) is 24.2. The number of hydrogen-bond donors (Lipinski definition) is 3. The van der Waals surface area contributed by atoms with Crippen LogP contribution in [0, 0.1) is 11.8 Å². The van der Waals surface area contributed by atoms with E-state index in [1.54, 1.807) is 0 Å². The predicted octanol–water partition coefficient (Wildman–Crippen LogP) is 7.32. The third-order valence-electron chi connectivity index (χ3n) is 8.83. The number of rotatable bonds is 11. The third kappa shape index (κ3) is 6.16. The average molecular weight is 593 g/mol. The summed E-state index contributed by atoms with van der Waals surface area (Å²) in [4.78, 5) is 25.5. The molecule has 2 aromatic heterocycles. The molecule has 0 saturated heterocycles. The Kier molecular flexibility index (Phi) is 7.52. The third-order valence-corrected chi connectivity index (χ3v) is 8.83. The van der Waals surface area contributed by atoms with Crippen molar-refractivity contribution in [2.75, 3.05) is 10.6 Å². The lowest BCUT2D eigenvalue weighted by atomic mass is 9.80. The standard InChI is InChI=1S/C32H35F3N6O2/c1-19(22-7-6-8-22)36-26-25-27(38-28(37-26)29(42)43)39-30(41(25)18-21-13-15-24(16-14-21)32(33,34)35)40-31(2,17-20-11-12-20)23-9-4-3-5-10-23/h3-5,9-10,13-16,19-20,22H,6-8,11-12,17-18H2,1-2H3,(H,42,43)(H2,36,37,38,39,40)/t19-,31+/m1/s1. The van der Waals surface area contributed by atoms with E-state index in [2.05, 4.69) is 46.6 Å². The van der Waals surface area contributed by atoms with E-state index in [0.717, 1.165) is 56.2 Å². The highest BCUT2D eigenvalue weighted by Gasteiger charge is 2.37. The Morgan fingerprint density at radius 1 is 1.00 bits per heavy atom. The maximum atomic E-state index is 13.3. The van der Waals surface area contributed by atoms with Crippen LogP contribution in [0.4, 0.5) is 24.9 Å². The highest BCUT2D eigenvalue weighted by Crippen LogP contribution is 2.43. The molecule has 4 aromatic rings. The van der Waals surface area contributed by atoms with Crippen LogP contribution in [0.1, 0.15) is 79.7 Å². The van der Waals surface area contributed by atoms with Gasteiger partial charge in [0.05, 0.1) is 17.6 Å². The average Bonchev–Trinajstić information content (AvgIpc) is 3.68. The van der Waals surface area contributed by atoms with Gasteiger partial charge in [0.1, 0.15) is 5.52 Å². The molecule has 8 nitrogen and oxygen atoms in total. The fourth-order valence-corrected chi connectivity index (χ4v) is 5.93. The molecule has 0 radical (unpaired) electrons. The predicted molar refractivity (Wildman–Crippen MR) is 158 cm³/mol. The zero-order valence-electron chi connectivity index (χ0n) is 24.2. The summed E-state index contributed by atoms with van der Waals surface area (Å²) in [6.07, 6.45) is 2.00. The molecule has 2 aliphatic rings. The van der Waals surface area contributed by atoms with Gasteiger partial charge in [0.15, 0.2) is 11.5 Å². The van der Waals surface area contributed by atoms with Gasteiger partial charge >= 0.3 is 12.1 Å². The Labute approximate surface area is 247 Å². The van der Waals surface area contributed by atoms with Gasteiger partial charge in [-0.1, -0.05) is 61.7 Å². The highest BCUT2D eigenvalue weighted by atomic mass is 19.4. The second-order valence-electron chi connectivity index (χ2n) is 12.2. The Balaban J connectivity index is 1.48. The molecule has 0 bridgehead atoms. The molecule has 2 aliphatic carbocycles. The lowest BCUT2D eigenvalue weighted by molar-refractivity contribution is -0.137. The van der Waals surface area contributed by atoms with Crippen molar-refractivity contribution in [1.29, 1.82) is 0 Å². The molecule has 3 N–H and O–H groups in total. The van der Waals surface area contributed by atoms with Crippen LogP contribution in [0.5, 0.6) is 0 Å². The lowest BCUT2D eigenvalue weighted by Gasteiger charge is -2.33. The molecule has 11 heteroatoms. The molecular weight excluding hydrogens is 557 g/mol. The number of aromatic carboxylic acids is 1. The number of carboxylic acids is 1. The number of benzene rings is 2. The van der Waals surface area contributed by atoms with Crippen molar-refractivity contribution in [1.82, 2.24) is 19.5 Å². The van der Waals surface area contributed by atoms with Crippen LogP contribution < -0.4 is 10.6 Å². The summed E-state index contributed by atoms with van der Waals surface area (Å²) in [5.41, 5.74) is 1.16. The molecule has 0 spiro atoms. The molecular formula is C32H35F3N6O2. The maximum Gasteiger partial charge on any atom is 0.416 e. The van der Waals surface area contributed by atoms with Crippen LogP contribution in [0.2, 0.25) is 0 Å². The first-order chi connectivity index (χ1) is 20.5. The van der Waals surface area contributed by atoms with Gasteiger partial charge in [0.2, 0.25) is 11.8 Å². The Morgan fingerprint density at radius 2 is 1.70 bits per heavy atom. The number of hydrogen-bond acceptors (Lipinski definition) is 6. The van der Waals surface area contributed by atoms with Gasteiger partial charge in [0.25, 0.3) is 0 Å². The minimum Gasteiger partial charge on any atom is -0.475 e. The molecule has 2 aromatic carbocycles. The van der Waals surface area contributed by atoms with Crippen molar-refractivity contribution in [3.63, 3.8) is 0 Å². The van der Waals surface area contributed by atoms with Gasteiger partial charge in [-0.2, -0.15) is 18.2 Å². The Morgan fingerprint density at radius 3 is 2.28 bits per heavy atom. The van der Waals surface area contributed by atoms with Crippen molar-refractivity contribution < 1.29 is 23.1 Å². The highest BCUT2D eigenvalue weighted by molar-refractivity contribution is 5.91. The summed E-state index contributed by atoms with van der Waals surface area (Å²) in [6.45, 7) is 4.35. The number of alkyl halides is 3. The molecule has 2 atom stereocenters. The number of carboxylic acid groups (broad SMARTS) is 1. The van der Waals surface area contributed by atoms with Gasteiger partial charge in [-0.3, -0.25) is 0 Å². The zero-order chi connectivity index (χ0) is 30.4. The van der Waals surface area contributed by atoms with Crippen LogP contribution in [0.25, 0.3) is 11.2 Å². The maximum absolute atomic E-state index is 13.3. The van der Waals surface area contributed by atoms with E-state index in [9.17, 15) is 23.1 Å². The van der Waals surface area contributed by atoms with Gasteiger partial charge < -0.3 is 20.3 Å². The number of aromatic nitrogens is 4. The van der Waals surface area contributed by atoms with Gasteiger partial charge in [-0.05, 0) is 68.2 Å². The minimum atomic E-state index is -4.44. The first kappa shape index (κ1) is 28.9. The van der Waals surface area contributed by atoms with Crippen molar-refractivity contribution in [3.8, 4) is 0 Å². The van der Waals surface area contributed by atoms with Gasteiger partial charge in [-0.25, -0.2) is 14.8 Å². The van der Waals surface area contributed by atoms with Crippen molar-refractivity contribution in [3.05, 3.63) is 77.1 Å². The molecule has 0 unspecified atom stereocenters. The van der Waals surface area contributed by atoms with Crippen LogP contribution in [-0.2, 0) is 18.3 Å². The van der Waals surface area contributed by atoms with Gasteiger partial charge in [-0.15, -0.1) is 0 Å². The fourth-order valence-electron chi connectivity index (χ4n) is 5.93. The quantitative estimate of drug-likeness (QED) is 0.168. The summed E-state index contributed by atoms with van der Waals surface area (Å²) >= 11 is 0. The largest absolute Gasteiger partial charge is 0.475 e. The lowest BCUT2D eigenvalue weighted by Crippen LogP contribution is -2.34. The summed E-state index contributed by atoms with van der Waals surface area (Å²) in [5, 5.41) is 16.9. The molecule has 2 fully saturated rings. The molecule has 2 heterocycles. The SMILES string of the molecule is C[C@@H](Nc1nc(C(=O)O)nc2nc(N[C@@](C)(CC3CC3)c3ccccc3)n(Cc3ccc(C(F)(F)F)cc3)c12)C1CCC1. The molecule has 43 heavy (non-hydrogen) atoms. The monoisotopic (exact) mass is 592 g/mol. The van der Waals surface area contributed by atoms with E-state index in [4.69, 9.17) is 4.98 Å². The Bertz CT molecular complexity index is 1610. The van der Waals surface area contributed by atoms with Crippen molar-refractivity contribution in [2.24, 2.45) is 11.8 Å². The van der Waals surface area contributed by atoms with E-state index in [1.165, 1.54) is 12.1 Å². The molecule has 226 valence electrons.